The van der Waals surface area contributed by atoms with Gasteiger partial charge in [-0.1, -0.05) is 17.7 Å². The van der Waals surface area contributed by atoms with Crippen LogP contribution < -0.4 is 15.0 Å². The molecule has 1 N–H and O–H groups in total. The van der Waals surface area contributed by atoms with Crippen molar-refractivity contribution in [3.8, 4) is 5.75 Å². The molecule has 2 aromatic rings. The molecule has 122 valence electrons. The standard InChI is InChI=1S/C17H12ClIN2O3/c1-24-13-4-2-3-11(9-13)20-15-14(18)16(22)21(17(15)23)12-7-5-10(19)6-8-12/h2-9,20H,1H3. The minimum atomic E-state index is -0.548. The molecule has 0 aromatic heterocycles. The zero-order valence-electron chi connectivity index (χ0n) is 12.5. The van der Waals surface area contributed by atoms with Crippen LogP contribution in [0.5, 0.6) is 5.75 Å². The molecule has 0 unspecified atom stereocenters. The number of amides is 2. The highest BCUT2D eigenvalue weighted by molar-refractivity contribution is 14.1. The summed E-state index contributed by atoms with van der Waals surface area (Å²) in [7, 11) is 1.55. The Kier molecular flexibility index (Phi) is 4.77. The molecule has 0 atom stereocenters. The zero-order valence-corrected chi connectivity index (χ0v) is 15.5. The van der Waals surface area contributed by atoms with Crippen molar-refractivity contribution in [1.29, 1.82) is 0 Å². The van der Waals surface area contributed by atoms with Crippen molar-refractivity contribution in [2.45, 2.75) is 0 Å². The van der Waals surface area contributed by atoms with E-state index in [4.69, 9.17) is 16.3 Å². The molecule has 0 saturated carbocycles. The maximum absolute atomic E-state index is 12.6. The third kappa shape index (κ3) is 3.11. The monoisotopic (exact) mass is 454 g/mol. The van der Waals surface area contributed by atoms with Crippen molar-refractivity contribution in [3.05, 3.63) is 62.8 Å². The Labute approximate surface area is 157 Å². The van der Waals surface area contributed by atoms with Crippen molar-refractivity contribution in [2.24, 2.45) is 0 Å². The summed E-state index contributed by atoms with van der Waals surface area (Å²) in [5.74, 6) is -0.412. The van der Waals surface area contributed by atoms with Gasteiger partial charge in [0.25, 0.3) is 11.8 Å². The molecule has 0 aliphatic carbocycles. The summed E-state index contributed by atoms with van der Waals surface area (Å²) >= 11 is 8.25. The summed E-state index contributed by atoms with van der Waals surface area (Å²) in [6, 6.07) is 14.1. The number of hydrogen-bond donors (Lipinski definition) is 1. The van der Waals surface area contributed by atoms with Crippen LogP contribution in [0.15, 0.2) is 59.3 Å². The molecule has 0 fully saturated rings. The topological polar surface area (TPSA) is 58.6 Å². The Balaban J connectivity index is 1.90. The number of carbonyl (C=O) groups excluding carboxylic acids is 2. The van der Waals surface area contributed by atoms with Gasteiger partial charge < -0.3 is 10.1 Å². The predicted octanol–water partition coefficient (Wildman–Crippen LogP) is 3.74. The lowest BCUT2D eigenvalue weighted by atomic mass is 10.2. The van der Waals surface area contributed by atoms with Gasteiger partial charge in [-0.05, 0) is 59.0 Å². The molecule has 1 aliphatic heterocycles. The molecule has 7 heteroatoms. The summed E-state index contributed by atoms with van der Waals surface area (Å²) in [4.78, 5) is 26.1. The fraction of sp³-hybridized carbons (Fsp3) is 0.0588. The number of halogens is 2. The molecular weight excluding hydrogens is 443 g/mol. The molecule has 5 nitrogen and oxygen atoms in total. The van der Waals surface area contributed by atoms with Gasteiger partial charge in [0.05, 0.1) is 12.8 Å². The van der Waals surface area contributed by atoms with Gasteiger partial charge in [-0.25, -0.2) is 4.90 Å². The normalized spacial score (nSPS) is 14.4. The lowest BCUT2D eigenvalue weighted by Crippen LogP contribution is -2.32. The van der Waals surface area contributed by atoms with E-state index in [0.717, 1.165) is 8.47 Å². The molecule has 0 radical (unpaired) electrons. The van der Waals surface area contributed by atoms with Gasteiger partial charge in [0, 0.05) is 15.3 Å². The first-order valence-electron chi connectivity index (χ1n) is 6.96. The first-order valence-corrected chi connectivity index (χ1v) is 8.42. The van der Waals surface area contributed by atoms with Gasteiger partial charge in [0.15, 0.2) is 0 Å². The SMILES string of the molecule is COc1cccc(NC2=C(Cl)C(=O)N(c3ccc(I)cc3)C2=O)c1. The number of carbonyl (C=O) groups is 2. The van der Waals surface area contributed by atoms with Gasteiger partial charge in [0.2, 0.25) is 0 Å². The molecule has 0 bridgehead atoms. The first-order chi connectivity index (χ1) is 11.5. The van der Waals surface area contributed by atoms with Crippen molar-refractivity contribution in [3.63, 3.8) is 0 Å². The Morgan fingerprint density at radius 3 is 2.46 bits per heavy atom. The largest absolute Gasteiger partial charge is 0.497 e. The summed E-state index contributed by atoms with van der Waals surface area (Å²) < 4.78 is 6.15. The van der Waals surface area contributed by atoms with Gasteiger partial charge in [-0.3, -0.25) is 9.59 Å². The van der Waals surface area contributed by atoms with Crippen LogP contribution in [0, 0.1) is 3.57 Å². The second kappa shape index (κ2) is 6.82. The minimum absolute atomic E-state index is 0.0495. The highest BCUT2D eigenvalue weighted by Crippen LogP contribution is 2.31. The van der Waals surface area contributed by atoms with E-state index < -0.39 is 11.8 Å². The van der Waals surface area contributed by atoms with E-state index in [1.54, 1.807) is 43.5 Å². The molecule has 0 saturated heterocycles. The van der Waals surface area contributed by atoms with E-state index in [1.807, 2.05) is 12.1 Å². The Hall–Kier alpha value is -2.06. The number of ether oxygens (including phenoxy) is 1. The fourth-order valence-corrected chi connectivity index (χ4v) is 2.85. The van der Waals surface area contributed by atoms with Crippen LogP contribution in [-0.4, -0.2) is 18.9 Å². The maximum Gasteiger partial charge on any atom is 0.283 e. The summed E-state index contributed by atoms with van der Waals surface area (Å²) in [6.07, 6.45) is 0. The molecule has 1 aliphatic rings. The highest BCUT2D eigenvalue weighted by atomic mass is 127. The van der Waals surface area contributed by atoms with E-state index in [1.165, 1.54) is 0 Å². The van der Waals surface area contributed by atoms with Crippen molar-refractivity contribution in [2.75, 3.05) is 17.3 Å². The number of methoxy groups -OCH3 is 1. The van der Waals surface area contributed by atoms with E-state index in [0.29, 0.717) is 17.1 Å². The smallest absolute Gasteiger partial charge is 0.283 e. The number of benzene rings is 2. The second-order valence-electron chi connectivity index (χ2n) is 4.97. The third-order valence-electron chi connectivity index (χ3n) is 3.45. The first kappa shape index (κ1) is 16.8. The molecule has 0 spiro atoms. The summed E-state index contributed by atoms with van der Waals surface area (Å²) in [5, 5.41) is 2.77. The van der Waals surface area contributed by atoms with Crippen LogP contribution in [0.4, 0.5) is 11.4 Å². The van der Waals surface area contributed by atoms with E-state index in [2.05, 4.69) is 27.9 Å². The number of hydrogen-bond acceptors (Lipinski definition) is 4. The van der Waals surface area contributed by atoms with Gasteiger partial charge in [0.1, 0.15) is 16.5 Å². The molecule has 2 aromatic carbocycles. The Morgan fingerprint density at radius 1 is 1.08 bits per heavy atom. The third-order valence-corrected chi connectivity index (χ3v) is 4.52. The van der Waals surface area contributed by atoms with E-state index in [-0.39, 0.29) is 10.7 Å². The van der Waals surface area contributed by atoms with Crippen LogP contribution in [0.1, 0.15) is 0 Å². The van der Waals surface area contributed by atoms with Crippen LogP contribution >= 0.6 is 34.2 Å². The summed E-state index contributed by atoms with van der Waals surface area (Å²) in [5.41, 5.74) is 1.13. The maximum atomic E-state index is 12.6. The number of imide groups is 1. The quantitative estimate of drug-likeness (QED) is 0.565. The Morgan fingerprint density at radius 2 is 1.79 bits per heavy atom. The fourth-order valence-electron chi connectivity index (χ4n) is 2.28. The Bertz CT molecular complexity index is 849. The minimum Gasteiger partial charge on any atom is -0.497 e. The van der Waals surface area contributed by atoms with Gasteiger partial charge in [-0.15, -0.1) is 0 Å². The molecular formula is C17H12ClIN2O3. The lowest BCUT2D eigenvalue weighted by molar-refractivity contribution is -0.120. The molecule has 24 heavy (non-hydrogen) atoms. The predicted molar refractivity (Wildman–Crippen MR) is 101 cm³/mol. The average molecular weight is 455 g/mol. The summed E-state index contributed by atoms with van der Waals surface area (Å²) in [6.45, 7) is 0. The number of rotatable bonds is 4. The van der Waals surface area contributed by atoms with Crippen LogP contribution in [-0.2, 0) is 9.59 Å². The van der Waals surface area contributed by atoms with Gasteiger partial charge in [-0.2, -0.15) is 0 Å². The molecule has 1 heterocycles. The molecule has 3 rings (SSSR count). The second-order valence-corrected chi connectivity index (χ2v) is 6.59. The number of nitrogens with zero attached hydrogens (tertiary/aromatic N) is 1. The lowest BCUT2D eigenvalue weighted by Gasteiger charge is -2.15. The molecule has 2 amide bonds. The van der Waals surface area contributed by atoms with Crippen molar-refractivity contribution < 1.29 is 14.3 Å². The van der Waals surface area contributed by atoms with E-state index in [9.17, 15) is 9.59 Å². The van der Waals surface area contributed by atoms with Crippen molar-refractivity contribution in [1.82, 2.24) is 0 Å². The van der Waals surface area contributed by atoms with E-state index >= 15 is 0 Å². The van der Waals surface area contributed by atoms with Crippen molar-refractivity contribution >= 4 is 57.4 Å². The van der Waals surface area contributed by atoms with Crippen LogP contribution in [0.3, 0.4) is 0 Å². The van der Waals surface area contributed by atoms with Crippen LogP contribution in [0.25, 0.3) is 0 Å². The number of anilines is 2. The highest BCUT2D eigenvalue weighted by Gasteiger charge is 2.38. The van der Waals surface area contributed by atoms with Gasteiger partial charge >= 0.3 is 0 Å². The average Bonchev–Trinajstić information content (AvgIpc) is 2.80. The van der Waals surface area contributed by atoms with Crippen LogP contribution in [0.2, 0.25) is 0 Å². The number of nitrogens with one attached hydrogen (secondary N) is 1. The zero-order chi connectivity index (χ0) is 17.3.